The maximum Gasteiger partial charge on any atom is 0.261 e. The summed E-state index contributed by atoms with van der Waals surface area (Å²) in [6.45, 7) is 3.04. The van der Waals surface area contributed by atoms with Gasteiger partial charge in [-0.3, -0.25) is 9.69 Å². The van der Waals surface area contributed by atoms with Gasteiger partial charge < -0.3 is 15.4 Å². The van der Waals surface area contributed by atoms with Gasteiger partial charge in [0.2, 0.25) is 0 Å². The van der Waals surface area contributed by atoms with Crippen LogP contribution in [0.3, 0.4) is 0 Å². The standard InChI is InChI=1S/C23H24Cl2FN5O2/c24-12-17-14-33-20-11-16(25)3-4-18(20)23(32)31(17)8-2-1-7-30-9-5-15(6-10-30)22-28-13-19(26)21(27)29-22/h3-5,11,13-14H,1-2,6-10,12H2,(H2,27,28,29). The van der Waals surface area contributed by atoms with Crippen LogP contribution < -0.4 is 10.5 Å². The van der Waals surface area contributed by atoms with Gasteiger partial charge in [-0.2, -0.15) is 0 Å². The van der Waals surface area contributed by atoms with Crippen LogP contribution >= 0.6 is 23.2 Å². The number of aromatic nitrogens is 2. The Bertz CT molecular complexity index is 1110. The molecule has 33 heavy (non-hydrogen) atoms. The average Bonchev–Trinajstić information content (AvgIpc) is 2.95. The summed E-state index contributed by atoms with van der Waals surface area (Å²) in [6.07, 6.45) is 7.18. The van der Waals surface area contributed by atoms with Crippen LogP contribution in [0.25, 0.3) is 5.57 Å². The summed E-state index contributed by atoms with van der Waals surface area (Å²) >= 11 is 12.1. The number of alkyl halides is 1. The lowest BCUT2D eigenvalue weighted by Gasteiger charge is -2.27. The third kappa shape index (κ3) is 5.46. The van der Waals surface area contributed by atoms with Crippen LogP contribution in [0.1, 0.15) is 35.4 Å². The molecule has 10 heteroatoms. The van der Waals surface area contributed by atoms with Crippen LogP contribution in [0.2, 0.25) is 5.02 Å². The second kappa shape index (κ2) is 10.5. The number of amides is 1. The molecule has 2 aromatic rings. The molecule has 1 aromatic heterocycles. The zero-order valence-electron chi connectivity index (χ0n) is 17.9. The minimum absolute atomic E-state index is 0.132. The zero-order chi connectivity index (χ0) is 23.4. The van der Waals surface area contributed by atoms with E-state index in [1.807, 2.05) is 0 Å². The summed E-state index contributed by atoms with van der Waals surface area (Å²) in [7, 11) is 0. The van der Waals surface area contributed by atoms with Crippen LogP contribution in [0.4, 0.5) is 10.2 Å². The Balaban J connectivity index is 1.30. The summed E-state index contributed by atoms with van der Waals surface area (Å²) in [5.74, 6) is 0.204. The smallest absolute Gasteiger partial charge is 0.261 e. The predicted octanol–water partition coefficient (Wildman–Crippen LogP) is 4.34. The van der Waals surface area contributed by atoms with E-state index in [2.05, 4.69) is 20.9 Å². The van der Waals surface area contributed by atoms with Crippen LogP contribution in [0, 0.1) is 5.82 Å². The van der Waals surface area contributed by atoms with Gasteiger partial charge in [0, 0.05) is 30.7 Å². The number of nitrogens with zero attached hydrogens (tertiary/aromatic N) is 4. The highest BCUT2D eigenvalue weighted by atomic mass is 35.5. The minimum atomic E-state index is -0.606. The summed E-state index contributed by atoms with van der Waals surface area (Å²) < 4.78 is 18.9. The van der Waals surface area contributed by atoms with Crippen LogP contribution in [0.5, 0.6) is 5.75 Å². The highest BCUT2D eigenvalue weighted by molar-refractivity contribution is 6.30. The lowest BCUT2D eigenvalue weighted by Crippen LogP contribution is -2.33. The number of unbranched alkanes of at least 4 members (excludes halogenated alkanes) is 1. The fourth-order valence-corrected chi connectivity index (χ4v) is 4.22. The normalized spacial score (nSPS) is 16.6. The SMILES string of the molecule is Nc1nc(C2=CCN(CCCCN3C(=O)c4ccc(Cl)cc4OC=C3CCl)CC2)ncc1F. The van der Waals surface area contributed by atoms with Crippen molar-refractivity contribution in [3.05, 3.63) is 64.7 Å². The third-order valence-corrected chi connectivity index (χ3v) is 6.19. The summed E-state index contributed by atoms with van der Waals surface area (Å²) in [5.41, 5.74) is 7.62. The number of ether oxygens (including phenoxy) is 1. The Hall–Kier alpha value is -2.68. The van der Waals surface area contributed by atoms with Gasteiger partial charge in [0.15, 0.2) is 17.5 Å². The van der Waals surface area contributed by atoms with Crippen molar-refractivity contribution in [2.75, 3.05) is 37.8 Å². The van der Waals surface area contributed by atoms with Crippen molar-refractivity contribution in [3.63, 3.8) is 0 Å². The van der Waals surface area contributed by atoms with Crippen molar-refractivity contribution in [2.24, 2.45) is 0 Å². The van der Waals surface area contributed by atoms with Crippen molar-refractivity contribution in [1.82, 2.24) is 19.8 Å². The number of rotatable bonds is 7. The maximum absolute atomic E-state index is 13.3. The van der Waals surface area contributed by atoms with Crippen molar-refractivity contribution >= 4 is 40.5 Å². The average molecular weight is 492 g/mol. The number of anilines is 1. The molecular formula is C23H24Cl2FN5O2. The molecule has 2 aliphatic heterocycles. The first-order valence-corrected chi connectivity index (χ1v) is 11.6. The van der Waals surface area contributed by atoms with Gasteiger partial charge >= 0.3 is 0 Å². The molecule has 0 saturated carbocycles. The number of carbonyl (C=O) groups excluding carboxylic acids is 1. The van der Waals surface area contributed by atoms with Gasteiger partial charge in [0.25, 0.3) is 5.91 Å². The highest BCUT2D eigenvalue weighted by Crippen LogP contribution is 2.29. The molecule has 0 bridgehead atoms. The molecule has 0 unspecified atom stereocenters. The summed E-state index contributed by atoms with van der Waals surface area (Å²) in [4.78, 5) is 25.1. The zero-order valence-corrected chi connectivity index (χ0v) is 19.4. The molecule has 0 spiro atoms. The number of halogens is 3. The highest BCUT2D eigenvalue weighted by Gasteiger charge is 2.26. The number of nitrogens with two attached hydrogens (primary N) is 1. The molecule has 1 amide bonds. The first-order valence-electron chi connectivity index (χ1n) is 10.7. The molecule has 2 aliphatic rings. The molecule has 0 atom stereocenters. The Kier molecular flexibility index (Phi) is 7.47. The predicted molar refractivity (Wildman–Crippen MR) is 127 cm³/mol. The fraction of sp³-hybridized carbons (Fsp3) is 0.348. The largest absolute Gasteiger partial charge is 0.462 e. The van der Waals surface area contributed by atoms with E-state index >= 15 is 0 Å². The van der Waals surface area contributed by atoms with E-state index in [0.29, 0.717) is 34.4 Å². The molecule has 0 aliphatic carbocycles. The molecular weight excluding hydrogens is 468 g/mol. The second-order valence-corrected chi connectivity index (χ2v) is 8.58. The number of allylic oxidation sites excluding steroid dienone is 1. The van der Waals surface area contributed by atoms with E-state index in [9.17, 15) is 9.18 Å². The molecule has 4 rings (SSSR count). The number of fused-ring (bicyclic) bond motifs is 1. The minimum Gasteiger partial charge on any atom is -0.462 e. The van der Waals surface area contributed by atoms with Gasteiger partial charge in [-0.25, -0.2) is 14.4 Å². The Morgan fingerprint density at radius 2 is 2.06 bits per heavy atom. The molecule has 0 radical (unpaired) electrons. The Morgan fingerprint density at radius 3 is 2.79 bits per heavy atom. The first-order chi connectivity index (χ1) is 16.0. The molecule has 7 nitrogen and oxygen atoms in total. The maximum atomic E-state index is 13.3. The number of hydrogen-bond acceptors (Lipinski definition) is 6. The Morgan fingerprint density at radius 1 is 1.24 bits per heavy atom. The topological polar surface area (TPSA) is 84.6 Å². The number of nitrogen functional groups attached to an aromatic ring is 1. The monoisotopic (exact) mass is 491 g/mol. The summed E-state index contributed by atoms with van der Waals surface area (Å²) in [6, 6.07) is 4.98. The molecule has 3 heterocycles. The van der Waals surface area contributed by atoms with Gasteiger partial charge in [-0.15, -0.1) is 11.6 Å². The van der Waals surface area contributed by atoms with E-state index in [4.69, 9.17) is 33.7 Å². The van der Waals surface area contributed by atoms with E-state index < -0.39 is 5.82 Å². The summed E-state index contributed by atoms with van der Waals surface area (Å²) in [5, 5.41) is 0.504. The number of carbonyl (C=O) groups is 1. The fourth-order valence-electron chi connectivity index (χ4n) is 3.85. The van der Waals surface area contributed by atoms with Crippen LogP contribution in [-0.2, 0) is 0 Å². The van der Waals surface area contributed by atoms with E-state index in [1.165, 1.54) is 6.26 Å². The first kappa shape index (κ1) is 23.5. The number of hydrogen-bond donors (Lipinski definition) is 1. The molecule has 1 aromatic carbocycles. The molecule has 0 fully saturated rings. The van der Waals surface area contributed by atoms with Crippen LogP contribution in [-0.4, -0.2) is 57.7 Å². The van der Waals surface area contributed by atoms with Crippen molar-refractivity contribution in [1.29, 1.82) is 0 Å². The van der Waals surface area contributed by atoms with Crippen LogP contribution in [0.15, 0.2) is 42.4 Å². The van der Waals surface area contributed by atoms with Crippen molar-refractivity contribution in [2.45, 2.75) is 19.3 Å². The number of benzene rings is 1. The van der Waals surface area contributed by atoms with Gasteiger partial charge in [0.05, 0.1) is 23.3 Å². The third-order valence-electron chi connectivity index (χ3n) is 5.68. The second-order valence-electron chi connectivity index (χ2n) is 7.87. The molecule has 2 N–H and O–H groups in total. The Labute approximate surface area is 201 Å². The molecule has 0 saturated heterocycles. The molecule has 174 valence electrons. The van der Waals surface area contributed by atoms with Crippen molar-refractivity contribution < 1.29 is 13.9 Å². The lowest BCUT2D eigenvalue weighted by molar-refractivity contribution is 0.0805. The van der Waals surface area contributed by atoms with E-state index in [0.717, 1.165) is 50.7 Å². The lowest BCUT2D eigenvalue weighted by atomic mass is 10.1. The van der Waals surface area contributed by atoms with Gasteiger partial charge in [0.1, 0.15) is 12.0 Å². The van der Waals surface area contributed by atoms with Gasteiger partial charge in [-0.05, 0) is 43.5 Å². The van der Waals surface area contributed by atoms with Crippen molar-refractivity contribution in [3.8, 4) is 5.75 Å². The van der Waals surface area contributed by atoms with E-state index in [-0.39, 0.29) is 17.6 Å². The van der Waals surface area contributed by atoms with Gasteiger partial charge in [-0.1, -0.05) is 17.7 Å². The van der Waals surface area contributed by atoms with E-state index in [1.54, 1.807) is 23.1 Å². The quantitative estimate of drug-likeness (QED) is 0.458.